The lowest BCUT2D eigenvalue weighted by Crippen LogP contribution is -2.25. The molecule has 2 rings (SSSR count). The number of amides is 1. The maximum Gasteiger partial charge on any atom is 0.228 e. The zero-order chi connectivity index (χ0) is 11.5. The van der Waals surface area contributed by atoms with Gasteiger partial charge in [-0.15, -0.1) is 12.4 Å². The Morgan fingerprint density at radius 2 is 2.00 bits per heavy atom. The predicted octanol–water partition coefficient (Wildman–Crippen LogP) is 2.27. The van der Waals surface area contributed by atoms with E-state index in [9.17, 15) is 4.79 Å². The summed E-state index contributed by atoms with van der Waals surface area (Å²) in [7, 11) is 0. The first-order valence-corrected chi connectivity index (χ1v) is 5.76. The molecule has 0 saturated carbocycles. The van der Waals surface area contributed by atoms with E-state index in [0.717, 1.165) is 36.3 Å². The van der Waals surface area contributed by atoms with E-state index in [1.165, 1.54) is 0 Å². The summed E-state index contributed by atoms with van der Waals surface area (Å²) < 4.78 is 0. The molecule has 0 bridgehead atoms. The Morgan fingerprint density at radius 1 is 1.35 bits per heavy atom. The number of anilines is 1. The van der Waals surface area contributed by atoms with Gasteiger partial charge in [-0.05, 0) is 37.9 Å². The highest BCUT2D eigenvalue weighted by Gasteiger charge is 2.22. The Labute approximate surface area is 108 Å². The Hall–Kier alpha value is -1.06. The zero-order valence-electron chi connectivity index (χ0n) is 10.2. The first-order valence-electron chi connectivity index (χ1n) is 5.76. The molecule has 94 valence electrons. The number of halogens is 1. The van der Waals surface area contributed by atoms with Crippen LogP contribution in [0, 0.1) is 19.8 Å². The van der Waals surface area contributed by atoms with Crippen LogP contribution in [-0.4, -0.2) is 19.0 Å². The van der Waals surface area contributed by atoms with Crippen LogP contribution in [0.5, 0.6) is 0 Å². The number of para-hydroxylation sites is 1. The van der Waals surface area contributed by atoms with Gasteiger partial charge in [-0.1, -0.05) is 18.2 Å². The maximum atomic E-state index is 12.0. The van der Waals surface area contributed by atoms with Crippen LogP contribution < -0.4 is 10.6 Å². The van der Waals surface area contributed by atoms with Gasteiger partial charge in [0.05, 0.1) is 5.92 Å². The van der Waals surface area contributed by atoms with Crippen LogP contribution in [0.3, 0.4) is 0 Å². The van der Waals surface area contributed by atoms with E-state index in [-0.39, 0.29) is 24.2 Å². The highest BCUT2D eigenvalue weighted by molar-refractivity contribution is 5.94. The largest absolute Gasteiger partial charge is 0.325 e. The quantitative estimate of drug-likeness (QED) is 0.850. The van der Waals surface area contributed by atoms with Gasteiger partial charge in [-0.25, -0.2) is 0 Å². The van der Waals surface area contributed by atoms with Gasteiger partial charge in [0.2, 0.25) is 5.91 Å². The van der Waals surface area contributed by atoms with Crippen molar-refractivity contribution in [2.45, 2.75) is 20.3 Å². The van der Waals surface area contributed by atoms with Crippen molar-refractivity contribution in [1.29, 1.82) is 0 Å². The molecular formula is C13H19ClN2O. The Bertz CT molecular complexity index is 380. The van der Waals surface area contributed by atoms with Gasteiger partial charge >= 0.3 is 0 Å². The van der Waals surface area contributed by atoms with Crippen molar-refractivity contribution in [3.8, 4) is 0 Å². The predicted molar refractivity (Wildman–Crippen MR) is 72.8 cm³/mol. The molecule has 1 aliphatic heterocycles. The summed E-state index contributed by atoms with van der Waals surface area (Å²) in [6.45, 7) is 5.80. The summed E-state index contributed by atoms with van der Waals surface area (Å²) in [4.78, 5) is 12.0. The average Bonchev–Trinajstić information content (AvgIpc) is 2.76. The Balaban J connectivity index is 0.00000144. The lowest BCUT2D eigenvalue weighted by Gasteiger charge is -2.14. The van der Waals surface area contributed by atoms with Crippen LogP contribution in [0.1, 0.15) is 17.5 Å². The monoisotopic (exact) mass is 254 g/mol. The molecule has 1 fully saturated rings. The Kier molecular flexibility index (Phi) is 4.97. The van der Waals surface area contributed by atoms with Crippen LogP contribution >= 0.6 is 12.4 Å². The highest BCUT2D eigenvalue weighted by atomic mass is 35.5. The number of carbonyl (C=O) groups is 1. The average molecular weight is 255 g/mol. The fourth-order valence-electron chi connectivity index (χ4n) is 2.12. The number of nitrogens with one attached hydrogen (secondary N) is 2. The molecule has 0 radical (unpaired) electrons. The summed E-state index contributed by atoms with van der Waals surface area (Å²) in [5, 5.41) is 6.25. The molecule has 1 aromatic carbocycles. The number of aryl methyl sites for hydroxylation is 2. The summed E-state index contributed by atoms with van der Waals surface area (Å²) >= 11 is 0. The van der Waals surface area contributed by atoms with Crippen LogP contribution in [0.25, 0.3) is 0 Å². The van der Waals surface area contributed by atoms with Crippen LogP contribution in [0.15, 0.2) is 18.2 Å². The third-order valence-corrected chi connectivity index (χ3v) is 3.16. The summed E-state index contributed by atoms with van der Waals surface area (Å²) in [5.41, 5.74) is 3.22. The summed E-state index contributed by atoms with van der Waals surface area (Å²) in [6.07, 6.45) is 0.941. The van der Waals surface area contributed by atoms with E-state index in [1.54, 1.807) is 0 Å². The fourth-order valence-corrected chi connectivity index (χ4v) is 2.12. The molecule has 0 aromatic heterocycles. The van der Waals surface area contributed by atoms with Crippen molar-refractivity contribution in [1.82, 2.24) is 5.32 Å². The number of hydrogen-bond acceptors (Lipinski definition) is 2. The van der Waals surface area contributed by atoms with Crippen molar-refractivity contribution in [2.24, 2.45) is 5.92 Å². The smallest absolute Gasteiger partial charge is 0.228 e. The second-order valence-electron chi connectivity index (χ2n) is 4.45. The van der Waals surface area contributed by atoms with E-state index in [0.29, 0.717) is 0 Å². The van der Waals surface area contributed by atoms with E-state index in [4.69, 9.17) is 0 Å². The molecule has 1 aromatic rings. The molecule has 0 spiro atoms. The first kappa shape index (κ1) is 14.0. The van der Waals surface area contributed by atoms with Crippen LogP contribution in [-0.2, 0) is 4.79 Å². The second kappa shape index (κ2) is 6.03. The van der Waals surface area contributed by atoms with Gasteiger partial charge in [0, 0.05) is 12.2 Å². The molecule has 1 atom stereocenters. The van der Waals surface area contributed by atoms with Crippen molar-refractivity contribution in [3.05, 3.63) is 29.3 Å². The molecule has 1 aliphatic rings. The second-order valence-corrected chi connectivity index (χ2v) is 4.45. The van der Waals surface area contributed by atoms with E-state index < -0.39 is 0 Å². The van der Waals surface area contributed by atoms with Gasteiger partial charge in [0.1, 0.15) is 0 Å². The number of hydrogen-bond donors (Lipinski definition) is 2. The minimum Gasteiger partial charge on any atom is -0.325 e. The molecular weight excluding hydrogens is 236 g/mol. The fraction of sp³-hybridized carbons (Fsp3) is 0.462. The highest BCUT2D eigenvalue weighted by Crippen LogP contribution is 2.21. The summed E-state index contributed by atoms with van der Waals surface area (Å²) in [6, 6.07) is 6.06. The van der Waals surface area contributed by atoms with Gasteiger partial charge in [-0.2, -0.15) is 0 Å². The normalized spacial score (nSPS) is 18.6. The standard InChI is InChI=1S/C13H18N2O.ClH/c1-9-4-3-5-10(2)12(9)15-13(16)11-6-7-14-8-11;/h3-5,11,14H,6-8H2,1-2H3,(H,15,16);1H. The van der Waals surface area contributed by atoms with E-state index in [2.05, 4.69) is 10.6 Å². The van der Waals surface area contributed by atoms with Gasteiger partial charge in [0.15, 0.2) is 0 Å². The van der Waals surface area contributed by atoms with Crippen molar-refractivity contribution in [2.75, 3.05) is 18.4 Å². The molecule has 0 aliphatic carbocycles. The Morgan fingerprint density at radius 3 is 2.53 bits per heavy atom. The lowest BCUT2D eigenvalue weighted by atomic mass is 10.1. The molecule has 3 nitrogen and oxygen atoms in total. The molecule has 2 N–H and O–H groups in total. The summed E-state index contributed by atoms with van der Waals surface area (Å²) in [5.74, 6) is 0.265. The number of benzene rings is 1. The van der Waals surface area contributed by atoms with Gasteiger partial charge in [-0.3, -0.25) is 4.79 Å². The van der Waals surface area contributed by atoms with E-state index in [1.807, 2.05) is 32.0 Å². The minimum atomic E-state index is 0. The molecule has 1 saturated heterocycles. The number of rotatable bonds is 2. The van der Waals surface area contributed by atoms with Crippen molar-refractivity contribution >= 4 is 24.0 Å². The van der Waals surface area contributed by atoms with Crippen LogP contribution in [0.2, 0.25) is 0 Å². The molecule has 4 heteroatoms. The number of carbonyl (C=O) groups excluding carboxylic acids is 1. The molecule has 1 amide bonds. The third kappa shape index (κ3) is 3.20. The van der Waals surface area contributed by atoms with Crippen molar-refractivity contribution < 1.29 is 4.79 Å². The SMILES string of the molecule is Cc1cccc(C)c1NC(=O)C1CCNC1.Cl. The third-order valence-electron chi connectivity index (χ3n) is 3.16. The first-order chi connectivity index (χ1) is 7.68. The zero-order valence-corrected chi connectivity index (χ0v) is 11.1. The topological polar surface area (TPSA) is 41.1 Å². The van der Waals surface area contributed by atoms with E-state index >= 15 is 0 Å². The van der Waals surface area contributed by atoms with Gasteiger partial charge in [0.25, 0.3) is 0 Å². The lowest BCUT2D eigenvalue weighted by molar-refractivity contribution is -0.119. The molecule has 17 heavy (non-hydrogen) atoms. The van der Waals surface area contributed by atoms with Crippen molar-refractivity contribution in [3.63, 3.8) is 0 Å². The molecule has 1 unspecified atom stereocenters. The van der Waals surface area contributed by atoms with Crippen LogP contribution in [0.4, 0.5) is 5.69 Å². The van der Waals surface area contributed by atoms with Gasteiger partial charge < -0.3 is 10.6 Å². The maximum absolute atomic E-state index is 12.0. The minimum absolute atomic E-state index is 0. The molecule has 1 heterocycles.